The van der Waals surface area contributed by atoms with Crippen LogP contribution in [-0.4, -0.2) is 25.0 Å². The Bertz CT molecular complexity index is 948. The molecule has 1 aliphatic heterocycles. The molecule has 0 bridgehead atoms. The minimum atomic E-state index is -0.932. The molecule has 0 amide bonds. The van der Waals surface area contributed by atoms with E-state index in [1.807, 2.05) is 36.4 Å². The molecule has 2 heterocycles. The highest BCUT2D eigenvalue weighted by Crippen LogP contribution is 2.45. The lowest BCUT2D eigenvalue weighted by atomic mass is 10.2. The summed E-state index contributed by atoms with van der Waals surface area (Å²) < 4.78 is 16.9. The molecule has 24 heavy (non-hydrogen) atoms. The second-order valence-electron chi connectivity index (χ2n) is 5.04. The van der Waals surface area contributed by atoms with Crippen molar-refractivity contribution in [3.63, 3.8) is 0 Å². The largest absolute Gasteiger partial charge is 0.497 e. The first-order chi connectivity index (χ1) is 11.7. The number of carboxylic acid groups (broad SMARTS) is 1. The molecule has 122 valence electrons. The predicted molar refractivity (Wildman–Crippen MR) is 92.0 cm³/mol. The normalized spacial score (nSPS) is 12.5. The number of thiophene rings is 1. The number of carboxylic acids is 1. The minimum absolute atomic E-state index is 0.211. The molecule has 0 unspecified atom stereocenters. The standard InChI is InChI=1S/C17H12O5S2/c1-20-9-2-5-14-11(6-9)15(16(24-14)17(18)19)23-10-3-4-12-13(7-10)22-8-21-12/h2-7H,8H2,1H3,(H,18,19). The lowest BCUT2D eigenvalue weighted by molar-refractivity contribution is 0.0699. The van der Waals surface area contributed by atoms with Gasteiger partial charge < -0.3 is 19.3 Å². The van der Waals surface area contributed by atoms with E-state index in [9.17, 15) is 9.90 Å². The van der Waals surface area contributed by atoms with Crippen molar-refractivity contribution in [1.29, 1.82) is 0 Å². The van der Waals surface area contributed by atoms with Crippen molar-refractivity contribution in [2.75, 3.05) is 13.9 Å². The fourth-order valence-electron chi connectivity index (χ4n) is 2.48. The summed E-state index contributed by atoms with van der Waals surface area (Å²) >= 11 is 2.67. The Morgan fingerprint density at radius 1 is 1.21 bits per heavy atom. The van der Waals surface area contributed by atoms with Gasteiger partial charge in [0.05, 0.1) is 7.11 Å². The van der Waals surface area contributed by atoms with Gasteiger partial charge in [0, 0.05) is 19.9 Å². The molecule has 0 saturated heterocycles. The quantitative estimate of drug-likeness (QED) is 0.740. The van der Waals surface area contributed by atoms with Crippen molar-refractivity contribution in [3.8, 4) is 17.2 Å². The molecule has 5 nitrogen and oxygen atoms in total. The Balaban J connectivity index is 1.82. The van der Waals surface area contributed by atoms with Crippen molar-refractivity contribution in [2.24, 2.45) is 0 Å². The van der Waals surface area contributed by atoms with Gasteiger partial charge in [0.2, 0.25) is 6.79 Å². The van der Waals surface area contributed by atoms with Crippen LogP contribution in [0.4, 0.5) is 0 Å². The van der Waals surface area contributed by atoms with Crippen LogP contribution in [0.2, 0.25) is 0 Å². The average Bonchev–Trinajstić information content (AvgIpc) is 3.19. The van der Waals surface area contributed by atoms with Crippen molar-refractivity contribution < 1.29 is 24.1 Å². The molecule has 0 aliphatic carbocycles. The molecule has 4 rings (SSSR count). The van der Waals surface area contributed by atoms with Crippen LogP contribution in [0.25, 0.3) is 10.1 Å². The van der Waals surface area contributed by atoms with Gasteiger partial charge in [-0.3, -0.25) is 0 Å². The Morgan fingerprint density at radius 2 is 2.04 bits per heavy atom. The Kier molecular flexibility index (Phi) is 3.74. The zero-order valence-electron chi connectivity index (χ0n) is 12.6. The highest BCUT2D eigenvalue weighted by Gasteiger charge is 2.21. The van der Waals surface area contributed by atoms with Gasteiger partial charge >= 0.3 is 5.97 Å². The molecule has 1 aromatic heterocycles. The van der Waals surface area contributed by atoms with Gasteiger partial charge in [-0.2, -0.15) is 0 Å². The lowest BCUT2D eigenvalue weighted by Crippen LogP contribution is -1.93. The average molecular weight is 360 g/mol. The number of benzene rings is 2. The molecule has 7 heteroatoms. The van der Waals surface area contributed by atoms with Gasteiger partial charge in [-0.1, -0.05) is 11.8 Å². The Morgan fingerprint density at radius 3 is 2.83 bits per heavy atom. The fraction of sp³-hybridized carbons (Fsp3) is 0.118. The fourth-order valence-corrected chi connectivity index (χ4v) is 4.71. The first-order valence-corrected chi connectivity index (χ1v) is 8.70. The van der Waals surface area contributed by atoms with Crippen molar-refractivity contribution >= 4 is 39.2 Å². The third-order valence-corrected chi connectivity index (χ3v) is 6.01. The van der Waals surface area contributed by atoms with E-state index in [4.69, 9.17) is 14.2 Å². The number of hydrogen-bond acceptors (Lipinski definition) is 6. The summed E-state index contributed by atoms with van der Waals surface area (Å²) in [7, 11) is 1.59. The molecule has 0 spiro atoms. The van der Waals surface area contributed by atoms with E-state index in [1.54, 1.807) is 7.11 Å². The zero-order valence-corrected chi connectivity index (χ0v) is 14.2. The number of ether oxygens (including phenoxy) is 3. The summed E-state index contributed by atoms with van der Waals surface area (Å²) in [6.07, 6.45) is 0. The monoisotopic (exact) mass is 360 g/mol. The topological polar surface area (TPSA) is 65.0 Å². The highest BCUT2D eigenvalue weighted by molar-refractivity contribution is 7.99. The summed E-state index contributed by atoms with van der Waals surface area (Å²) in [5.41, 5.74) is 0. The summed E-state index contributed by atoms with van der Waals surface area (Å²) in [4.78, 5) is 13.6. The number of rotatable bonds is 4. The van der Waals surface area contributed by atoms with E-state index in [2.05, 4.69) is 0 Å². The highest BCUT2D eigenvalue weighted by atomic mass is 32.2. The molecule has 2 aromatic carbocycles. The molecule has 0 saturated carbocycles. The third-order valence-electron chi connectivity index (χ3n) is 3.61. The second kappa shape index (κ2) is 5.92. The summed E-state index contributed by atoms with van der Waals surface area (Å²) in [6.45, 7) is 0.211. The van der Waals surface area contributed by atoms with Crippen LogP contribution < -0.4 is 14.2 Å². The van der Waals surface area contributed by atoms with Crippen LogP contribution in [0.1, 0.15) is 9.67 Å². The Hall–Kier alpha value is -2.38. The molecular formula is C17H12O5S2. The predicted octanol–water partition coefficient (Wildman–Crippen LogP) is 4.49. The molecule has 0 atom stereocenters. The maximum Gasteiger partial charge on any atom is 0.347 e. The van der Waals surface area contributed by atoms with E-state index >= 15 is 0 Å². The lowest BCUT2D eigenvalue weighted by Gasteiger charge is -2.05. The number of methoxy groups -OCH3 is 1. The van der Waals surface area contributed by atoms with E-state index in [-0.39, 0.29) is 6.79 Å². The van der Waals surface area contributed by atoms with Crippen LogP contribution in [0, 0.1) is 0 Å². The molecule has 1 aliphatic rings. The molecule has 0 radical (unpaired) electrons. The van der Waals surface area contributed by atoms with Gasteiger partial charge in [-0.05, 0) is 36.4 Å². The molecule has 3 aromatic rings. The van der Waals surface area contributed by atoms with E-state index in [0.717, 1.165) is 15.0 Å². The number of hydrogen-bond donors (Lipinski definition) is 1. The van der Waals surface area contributed by atoms with E-state index in [0.29, 0.717) is 27.0 Å². The summed E-state index contributed by atoms with van der Waals surface area (Å²) in [5, 5.41) is 10.4. The third kappa shape index (κ3) is 2.55. The van der Waals surface area contributed by atoms with Crippen LogP contribution >= 0.6 is 23.1 Å². The van der Waals surface area contributed by atoms with Gasteiger partial charge in [0.25, 0.3) is 0 Å². The van der Waals surface area contributed by atoms with Crippen LogP contribution in [0.5, 0.6) is 17.2 Å². The number of aromatic carboxylic acids is 1. The first-order valence-electron chi connectivity index (χ1n) is 7.07. The maximum absolute atomic E-state index is 11.6. The second-order valence-corrected chi connectivity index (χ2v) is 7.18. The molecular weight excluding hydrogens is 348 g/mol. The zero-order chi connectivity index (χ0) is 16.7. The van der Waals surface area contributed by atoms with Crippen LogP contribution in [0.15, 0.2) is 46.2 Å². The van der Waals surface area contributed by atoms with Crippen molar-refractivity contribution in [2.45, 2.75) is 9.79 Å². The van der Waals surface area contributed by atoms with Gasteiger partial charge in [0.15, 0.2) is 11.5 Å². The van der Waals surface area contributed by atoms with E-state index in [1.165, 1.54) is 23.1 Å². The van der Waals surface area contributed by atoms with Gasteiger partial charge in [-0.25, -0.2) is 4.79 Å². The molecule has 0 fully saturated rings. The molecule has 1 N–H and O–H groups in total. The van der Waals surface area contributed by atoms with Crippen LogP contribution in [0.3, 0.4) is 0 Å². The first kappa shape index (κ1) is 15.2. The van der Waals surface area contributed by atoms with E-state index < -0.39 is 5.97 Å². The maximum atomic E-state index is 11.6. The van der Waals surface area contributed by atoms with Crippen LogP contribution in [-0.2, 0) is 0 Å². The summed E-state index contributed by atoms with van der Waals surface area (Å²) in [5.74, 6) is 1.15. The van der Waals surface area contributed by atoms with Crippen molar-refractivity contribution in [1.82, 2.24) is 0 Å². The van der Waals surface area contributed by atoms with Gasteiger partial charge in [0.1, 0.15) is 10.6 Å². The van der Waals surface area contributed by atoms with Gasteiger partial charge in [-0.15, -0.1) is 11.3 Å². The Labute approximate surface area is 145 Å². The smallest absolute Gasteiger partial charge is 0.347 e. The number of carbonyl (C=O) groups is 1. The summed E-state index contributed by atoms with van der Waals surface area (Å²) in [6, 6.07) is 11.2. The number of fused-ring (bicyclic) bond motifs is 2. The van der Waals surface area contributed by atoms with Crippen molar-refractivity contribution in [3.05, 3.63) is 41.3 Å². The SMILES string of the molecule is COc1ccc2sc(C(=O)O)c(Sc3ccc4c(c3)OCO4)c2c1. The minimum Gasteiger partial charge on any atom is -0.497 e.